The molecule has 0 atom stereocenters. The van der Waals surface area contributed by atoms with Crippen LogP contribution in [0.15, 0.2) is 165 Å². The molecule has 3 aliphatic heterocycles. The van der Waals surface area contributed by atoms with Gasteiger partial charge >= 0.3 is 0 Å². The largest absolute Gasteiger partial charge is 0.493 e. The molecule has 3 aliphatic rings. The Morgan fingerprint density at radius 3 is 1.35 bits per heavy atom. The molecule has 9 aromatic heterocycles. The average Bonchev–Trinajstić information content (AvgIpc) is 4.40. The number of imidazole rings is 3. The summed E-state index contributed by atoms with van der Waals surface area (Å²) in [6.45, 7) is 10.9. The molecule has 1 amide bonds. The van der Waals surface area contributed by atoms with Crippen LogP contribution in [-0.4, -0.2) is 104 Å². The van der Waals surface area contributed by atoms with Crippen molar-refractivity contribution < 1.29 is 19.0 Å². The van der Waals surface area contributed by atoms with Crippen molar-refractivity contribution in [2.45, 2.75) is 40.5 Å². The van der Waals surface area contributed by atoms with E-state index in [1.54, 1.807) is 36.6 Å². The lowest BCUT2D eigenvalue weighted by molar-refractivity contribution is -0.116. The highest BCUT2D eigenvalue weighted by molar-refractivity contribution is 5.95. The fourth-order valence-electron chi connectivity index (χ4n) is 10.9. The summed E-state index contributed by atoms with van der Waals surface area (Å²) in [5.41, 5.74) is 17.8. The number of fused-ring (bicyclic) bond motifs is 6. The maximum atomic E-state index is 12.1. The van der Waals surface area contributed by atoms with E-state index in [1.807, 2.05) is 127 Å². The molecule has 82 heavy (non-hydrogen) atoms. The molecular formula is C64H56N14O4. The van der Waals surface area contributed by atoms with Crippen LogP contribution in [0, 0.1) is 20.8 Å². The number of hydrogen-bond acceptors (Lipinski definition) is 14. The van der Waals surface area contributed by atoms with Crippen LogP contribution in [0.3, 0.4) is 0 Å². The van der Waals surface area contributed by atoms with Gasteiger partial charge in [-0.25, -0.2) is 29.9 Å². The Hall–Kier alpha value is -10.4. The van der Waals surface area contributed by atoms with Crippen molar-refractivity contribution in [1.82, 2.24) is 58.1 Å². The average molecular weight is 1090 g/mol. The Balaban J connectivity index is 0.000000116. The van der Waals surface area contributed by atoms with E-state index in [0.717, 1.165) is 133 Å². The highest BCUT2D eigenvalue weighted by atomic mass is 16.5. The number of anilines is 2. The molecule has 15 rings (SSSR count). The zero-order valence-electron chi connectivity index (χ0n) is 45.9. The van der Waals surface area contributed by atoms with Gasteiger partial charge in [-0.15, -0.1) is 0 Å². The fraction of sp³-hybridized carbons (Fsp3) is 0.188. The number of aryl methyl sites for hydroxylation is 4. The summed E-state index contributed by atoms with van der Waals surface area (Å²) in [6, 6.07) is 36.4. The topological polar surface area (TPSA) is 180 Å². The molecule has 0 unspecified atom stereocenters. The van der Waals surface area contributed by atoms with E-state index in [9.17, 15) is 4.79 Å². The Labute approximate surface area is 472 Å². The van der Waals surface area contributed by atoms with Gasteiger partial charge in [-0.1, -0.05) is 0 Å². The number of nitrogens with zero attached hydrogens (tertiary/aromatic N) is 14. The molecule has 18 nitrogen and oxygen atoms in total. The van der Waals surface area contributed by atoms with Crippen LogP contribution in [0.1, 0.15) is 36.0 Å². The Morgan fingerprint density at radius 1 is 0.451 bits per heavy atom. The molecule has 18 heteroatoms. The number of rotatable bonds is 6. The van der Waals surface area contributed by atoms with Crippen molar-refractivity contribution >= 4 is 34.6 Å². The summed E-state index contributed by atoms with van der Waals surface area (Å²) in [6.07, 6.45) is 18.8. The van der Waals surface area contributed by atoms with E-state index < -0.39 is 0 Å². The SMILES string of the molecule is CC(=O)N1CCOc2ccc(-c3c(-c4ccnc(C)c4)nc4ncccn34)cc21.Cc1cc(-c2nc3ncccn3c2-c2ccc3c(c2)CCCO3)ccn1.Cc1cc(-c2nc3ncccn3c2-c2ccc3c(c2)N(C)CCO3)ccn1. The van der Waals surface area contributed by atoms with Crippen molar-refractivity contribution in [2.24, 2.45) is 0 Å². The Morgan fingerprint density at radius 2 is 0.878 bits per heavy atom. The quantitative estimate of drug-likeness (QED) is 0.153. The van der Waals surface area contributed by atoms with E-state index in [2.05, 4.69) is 88.7 Å². The van der Waals surface area contributed by atoms with Crippen LogP contribution in [0.2, 0.25) is 0 Å². The van der Waals surface area contributed by atoms with Crippen molar-refractivity contribution in [1.29, 1.82) is 0 Å². The van der Waals surface area contributed by atoms with Gasteiger partial charge in [-0.2, -0.15) is 0 Å². The summed E-state index contributed by atoms with van der Waals surface area (Å²) >= 11 is 0. The molecule has 0 fully saturated rings. The van der Waals surface area contributed by atoms with Gasteiger partial charge in [-0.05, 0) is 148 Å². The predicted molar refractivity (Wildman–Crippen MR) is 315 cm³/mol. The van der Waals surface area contributed by atoms with Gasteiger partial charge in [0.2, 0.25) is 23.2 Å². The number of benzene rings is 3. The van der Waals surface area contributed by atoms with Crippen molar-refractivity contribution in [3.63, 3.8) is 0 Å². The monoisotopic (exact) mass is 1080 g/mol. The minimum Gasteiger partial charge on any atom is -0.493 e. The molecule has 406 valence electrons. The second-order valence-corrected chi connectivity index (χ2v) is 20.3. The second kappa shape index (κ2) is 21.7. The highest BCUT2D eigenvalue weighted by Gasteiger charge is 2.26. The number of amides is 1. The molecule has 0 bridgehead atoms. The first-order chi connectivity index (χ1) is 40.1. The van der Waals surface area contributed by atoms with Crippen LogP contribution in [-0.2, 0) is 11.2 Å². The van der Waals surface area contributed by atoms with Gasteiger partial charge in [0.05, 0.1) is 65.2 Å². The van der Waals surface area contributed by atoms with Crippen LogP contribution in [0.4, 0.5) is 11.4 Å². The number of pyridine rings is 3. The first kappa shape index (κ1) is 51.1. The van der Waals surface area contributed by atoms with E-state index in [4.69, 9.17) is 29.2 Å². The van der Waals surface area contributed by atoms with Crippen LogP contribution >= 0.6 is 0 Å². The van der Waals surface area contributed by atoms with Gasteiger partial charge in [0.25, 0.3) is 0 Å². The van der Waals surface area contributed by atoms with E-state index in [1.165, 1.54) is 5.56 Å². The van der Waals surface area contributed by atoms with Crippen LogP contribution < -0.4 is 24.0 Å². The van der Waals surface area contributed by atoms with Gasteiger partial charge in [0.1, 0.15) is 30.5 Å². The summed E-state index contributed by atoms with van der Waals surface area (Å²) in [5.74, 6) is 4.61. The number of ether oxygens (including phenoxy) is 3. The predicted octanol–water partition coefficient (Wildman–Crippen LogP) is 11.2. The molecule has 0 saturated carbocycles. The van der Waals surface area contributed by atoms with Gasteiger partial charge in [0, 0.05) is 120 Å². The third-order valence-electron chi connectivity index (χ3n) is 14.7. The molecular weight excluding hydrogens is 1030 g/mol. The molecule has 0 aliphatic carbocycles. The smallest absolute Gasteiger partial charge is 0.234 e. The zero-order chi connectivity index (χ0) is 55.8. The zero-order valence-corrected chi connectivity index (χ0v) is 45.9. The first-order valence-corrected chi connectivity index (χ1v) is 27.2. The Kier molecular flexibility index (Phi) is 13.5. The van der Waals surface area contributed by atoms with Crippen molar-refractivity contribution in [2.75, 3.05) is 49.8 Å². The highest BCUT2D eigenvalue weighted by Crippen LogP contribution is 2.42. The molecule has 0 N–H and O–H groups in total. The van der Waals surface area contributed by atoms with Gasteiger partial charge in [-0.3, -0.25) is 32.9 Å². The Bertz CT molecular complexity index is 4400. The maximum absolute atomic E-state index is 12.1. The van der Waals surface area contributed by atoms with E-state index in [0.29, 0.717) is 42.8 Å². The molecule has 0 radical (unpaired) electrons. The summed E-state index contributed by atoms with van der Waals surface area (Å²) < 4.78 is 23.4. The first-order valence-electron chi connectivity index (χ1n) is 27.2. The lowest BCUT2D eigenvalue weighted by Crippen LogP contribution is -2.36. The third-order valence-corrected chi connectivity index (χ3v) is 14.7. The van der Waals surface area contributed by atoms with Crippen LogP contribution in [0.5, 0.6) is 17.2 Å². The number of hydrogen-bond donors (Lipinski definition) is 0. The number of aromatic nitrogens is 12. The maximum Gasteiger partial charge on any atom is 0.234 e. The fourth-order valence-corrected chi connectivity index (χ4v) is 10.9. The van der Waals surface area contributed by atoms with Crippen LogP contribution in [0.25, 0.3) is 84.9 Å². The molecule has 12 aromatic rings. The minimum absolute atomic E-state index is 0.00325. The van der Waals surface area contributed by atoms with Crippen molar-refractivity contribution in [3.05, 3.63) is 188 Å². The lowest BCUT2D eigenvalue weighted by atomic mass is 9.99. The lowest BCUT2D eigenvalue weighted by Gasteiger charge is -2.29. The molecule has 0 spiro atoms. The third kappa shape index (κ3) is 9.84. The summed E-state index contributed by atoms with van der Waals surface area (Å²) in [4.78, 5) is 56.7. The minimum atomic E-state index is -0.00325. The second-order valence-electron chi connectivity index (χ2n) is 20.3. The number of carbonyl (C=O) groups excluding carboxylic acids is 1. The van der Waals surface area contributed by atoms with Gasteiger partial charge < -0.3 is 24.0 Å². The van der Waals surface area contributed by atoms with E-state index in [-0.39, 0.29) is 5.91 Å². The molecule has 0 saturated heterocycles. The number of likely N-dealkylation sites (N-methyl/N-ethyl adjacent to an activating group) is 1. The standard InChI is InChI=1S/C22H19N5O2.C21H19N5O.C21H18N4O/c1-14-12-16(6-8-23-14)20-21(27-9-3-7-24-22(27)25-20)17-4-5-19-18(13-17)26(15(2)28)10-11-29-19;1-14-12-15(6-8-22-14)19-20(26-9-3-7-23-21(26)24-19)16-4-5-18-17(13-16)25(2)10-11-27-18;1-14-12-16(7-9-22-14)19-20(25-10-3-8-23-21(25)24-19)17-5-6-18-15(13-17)4-2-11-26-18/h3-9,12-13H,10-11H2,1-2H3;3-9,12-13H,10-11H2,1-2H3;3,5-10,12-13H,2,4,11H2,1H3. The van der Waals surface area contributed by atoms with E-state index >= 15 is 0 Å². The molecule has 12 heterocycles. The summed E-state index contributed by atoms with van der Waals surface area (Å²) in [5, 5.41) is 0. The number of carbonyl (C=O) groups is 1. The summed E-state index contributed by atoms with van der Waals surface area (Å²) in [7, 11) is 2.09. The molecule has 3 aromatic carbocycles. The normalized spacial score (nSPS) is 13.4. The van der Waals surface area contributed by atoms with Gasteiger partial charge in [0.15, 0.2) is 0 Å². The van der Waals surface area contributed by atoms with Crippen molar-refractivity contribution in [3.8, 4) is 84.8 Å².